The smallest absolute Gasteiger partial charge is 0.407 e. The minimum absolute atomic E-state index is 0.00488. The molecule has 0 spiro atoms. The van der Waals surface area contributed by atoms with Crippen LogP contribution in [-0.2, 0) is 59.1 Å². The number of phenolic OH excluding ortho intramolecular Hbond substituents is 2. The Balaban J connectivity index is 0.677. The highest BCUT2D eigenvalue weighted by Gasteiger charge is 2.46. The number of hydrogen-bond donors (Lipinski definition) is 4. The molecule has 384 valence electrons. The van der Waals surface area contributed by atoms with Crippen LogP contribution in [0.1, 0.15) is 131 Å². The van der Waals surface area contributed by atoms with E-state index in [1.807, 2.05) is 24.6 Å². The Morgan fingerprint density at radius 3 is 2.52 bits per heavy atom. The van der Waals surface area contributed by atoms with Crippen LogP contribution in [0.4, 0.5) is 9.18 Å². The van der Waals surface area contributed by atoms with Gasteiger partial charge in [0.1, 0.15) is 30.0 Å². The number of hydrogen-bond acceptors (Lipinski definition) is 14. The van der Waals surface area contributed by atoms with E-state index in [1.165, 1.54) is 17.7 Å². The quantitative estimate of drug-likeness (QED) is 0.0524. The van der Waals surface area contributed by atoms with E-state index in [1.54, 1.807) is 46.2 Å². The molecule has 4 aliphatic heterocycles. The van der Waals surface area contributed by atoms with Crippen molar-refractivity contribution in [1.29, 1.82) is 0 Å². The summed E-state index contributed by atoms with van der Waals surface area (Å²) in [7, 11) is 3.63. The maximum absolute atomic E-state index is 15.5. The lowest BCUT2D eigenvalue weighted by atomic mass is 9.81. The fraction of sp³-hybridized carbons (Fsp3) is 0.473. The summed E-state index contributed by atoms with van der Waals surface area (Å²) in [6.45, 7) is 13.8. The predicted molar refractivity (Wildman–Crippen MR) is 277 cm³/mol. The van der Waals surface area contributed by atoms with E-state index in [0.717, 1.165) is 97.5 Å². The van der Waals surface area contributed by atoms with Gasteiger partial charge in [-0.25, -0.2) is 19.0 Å². The van der Waals surface area contributed by atoms with Crippen molar-refractivity contribution in [1.82, 2.24) is 29.6 Å². The number of fused-ring (bicyclic) bond motifs is 6. The summed E-state index contributed by atoms with van der Waals surface area (Å²) in [5.74, 6) is -0.709. The van der Waals surface area contributed by atoms with Crippen molar-refractivity contribution in [3.8, 4) is 22.9 Å². The zero-order chi connectivity index (χ0) is 51.0. The van der Waals surface area contributed by atoms with Gasteiger partial charge in [0, 0.05) is 86.8 Å². The maximum Gasteiger partial charge on any atom is 0.407 e. The molecule has 0 radical (unpaired) electrons. The van der Waals surface area contributed by atoms with Gasteiger partial charge < -0.3 is 39.6 Å². The molecule has 0 unspecified atom stereocenters. The highest BCUT2D eigenvalue weighted by Crippen LogP contribution is 2.47. The first-order chi connectivity index (χ1) is 35.1. The Kier molecular flexibility index (Phi) is 13.3. The molecule has 6 heterocycles. The fourth-order valence-electron chi connectivity index (χ4n) is 12.0. The molecule has 2 aliphatic carbocycles. The van der Waals surface area contributed by atoms with Gasteiger partial charge in [-0.3, -0.25) is 19.4 Å². The van der Waals surface area contributed by atoms with E-state index >= 15 is 4.39 Å². The molecule has 11 rings (SSSR count). The topological polar surface area (TPSA) is 187 Å². The number of amides is 2. The van der Waals surface area contributed by atoms with E-state index in [2.05, 4.69) is 33.3 Å². The molecule has 2 aromatic heterocycles. The minimum atomic E-state index is -1.99. The number of nitrogens with one attached hydrogen (secondary N) is 1. The molecule has 0 bridgehead atoms. The molecule has 3 aromatic carbocycles. The van der Waals surface area contributed by atoms with Gasteiger partial charge in [-0.05, 0) is 102 Å². The van der Waals surface area contributed by atoms with Crippen molar-refractivity contribution in [2.45, 2.75) is 128 Å². The molecule has 4 atom stereocenters. The third-order valence-electron chi connectivity index (χ3n) is 16.2. The number of rotatable bonds is 12. The van der Waals surface area contributed by atoms with Crippen molar-refractivity contribution in [3.63, 3.8) is 0 Å². The zero-order valence-electron chi connectivity index (χ0n) is 41.6. The molecular formula is C55H61FN6O9S2. The van der Waals surface area contributed by atoms with Crippen LogP contribution in [-0.4, -0.2) is 107 Å². The van der Waals surface area contributed by atoms with E-state index in [0.29, 0.717) is 54.0 Å². The van der Waals surface area contributed by atoms with E-state index < -0.39 is 23.7 Å². The van der Waals surface area contributed by atoms with Gasteiger partial charge in [0.05, 0.1) is 45.9 Å². The SMILES string of the molecule is CC[C@@]1(O)C(=O)OCc2c1cc1n(c2=O)Cc2c-1nc1cc(F)c(C)c3c1c2[C@@H](NC(=O)O[C@H]1CCC[C@@H]1SSCCN1CCN(Cc2ccc4c(c2)CN(C(=O)c2cc(C(C)C)c(O)cc2O)C4)CC1)CC3. The first kappa shape index (κ1) is 49.5. The molecular weight excluding hydrogens is 972 g/mol. The van der Waals surface area contributed by atoms with E-state index in [-0.39, 0.29) is 82.3 Å². The molecule has 18 heteroatoms. The van der Waals surface area contributed by atoms with Crippen LogP contribution in [0.15, 0.2) is 47.3 Å². The number of aliphatic hydroxyl groups is 1. The van der Waals surface area contributed by atoms with Crippen LogP contribution in [0, 0.1) is 12.7 Å². The second kappa shape index (κ2) is 19.6. The van der Waals surface area contributed by atoms with Crippen LogP contribution in [0.2, 0.25) is 0 Å². The molecule has 73 heavy (non-hydrogen) atoms. The van der Waals surface area contributed by atoms with Crippen molar-refractivity contribution in [3.05, 3.63) is 120 Å². The van der Waals surface area contributed by atoms with Gasteiger partial charge in [-0.15, -0.1) is 0 Å². The van der Waals surface area contributed by atoms with Gasteiger partial charge in [0.2, 0.25) is 0 Å². The zero-order valence-corrected chi connectivity index (χ0v) is 43.2. The highest BCUT2D eigenvalue weighted by atomic mass is 33.1. The number of aryl methyl sites for hydroxylation is 1. The molecule has 2 fully saturated rings. The van der Waals surface area contributed by atoms with Crippen LogP contribution in [0.3, 0.4) is 0 Å². The second-order valence-electron chi connectivity index (χ2n) is 20.8. The normalized spacial score (nSPS) is 22.3. The predicted octanol–water partition coefficient (Wildman–Crippen LogP) is 8.05. The number of pyridine rings is 2. The summed E-state index contributed by atoms with van der Waals surface area (Å²) in [5, 5.41) is 36.4. The Labute approximate surface area is 430 Å². The first-order valence-corrected chi connectivity index (χ1v) is 28.0. The van der Waals surface area contributed by atoms with E-state index in [4.69, 9.17) is 14.5 Å². The molecule has 6 aliphatic rings. The average Bonchev–Trinajstić information content (AvgIpc) is 4.11. The van der Waals surface area contributed by atoms with Crippen LogP contribution < -0.4 is 10.9 Å². The molecule has 1 saturated carbocycles. The Morgan fingerprint density at radius 1 is 0.959 bits per heavy atom. The number of carbonyl (C=O) groups excluding carboxylic acids is 3. The number of piperazine rings is 1. The van der Waals surface area contributed by atoms with Crippen molar-refractivity contribution in [2.75, 3.05) is 38.5 Å². The number of halogens is 1. The standard InChI is InChI=1S/C55H61FN6O9S2/c1-5-55(69)39-21-43-50-37(27-62(43)52(66)38(39)28-70-53(55)67)49-41(12-11-34-30(4)40(56)22-42(57-50)48(34)49)58-54(68)71-46-7-6-8-47(46)73-72-18-17-59-13-15-60(16-14-59)24-31-9-10-32-25-61(26-33(32)19-31)51(65)36-20-35(29(2)3)44(63)23-45(36)64/h9-10,19-23,29,41,46-47,63-64,69H,5-8,11-18,24-28H2,1-4H3,(H,58,68)/t41-,46-,47-,55-/m0/s1. The molecule has 5 aromatic rings. The Hall–Kier alpha value is -5.66. The van der Waals surface area contributed by atoms with Gasteiger partial charge in [-0.2, -0.15) is 0 Å². The summed E-state index contributed by atoms with van der Waals surface area (Å²) >= 11 is 0. The molecule has 4 N–H and O–H groups in total. The van der Waals surface area contributed by atoms with Gasteiger partial charge in [-0.1, -0.05) is 60.6 Å². The number of aromatic hydroxyl groups is 2. The Morgan fingerprint density at radius 2 is 1.74 bits per heavy atom. The van der Waals surface area contributed by atoms with Crippen LogP contribution >= 0.6 is 21.6 Å². The number of ether oxygens (including phenoxy) is 2. The summed E-state index contributed by atoms with van der Waals surface area (Å²) in [6.07, 6.45) is 2.96. The number of esters is 1. The fourth-order valence-corrected chi connectivity index (χ4v) is 14.8. The third-order valence-corrected chi connectivity index (χ3v) is 19.1. The van der Waals surface area contributed by atoms with E-state index in [9.17, 15) is 34.5 Å². The highest BCUT2D eigenvalue weighted by molar-refractivity contribution is 8.77. The maximum atomic E-state index is 15.5. The summed E-state index contributed by atoms with van der Waals surface area (Å²) in [6, 6.07) is 11.9. The largest absolute Gasteiger partial charge is 0.508 e. The van der Waals surface area contributed by atoms with Crippen molar-refractivity contribution >= 4 is 50.5 Å². The monoisotopic (exact) mass is 1030 g/mol. The number of cyclic esters (lactones) is 1. The number of aromatic nitrogens is 2. The van der Waals surface area contributed by atoms with Gasteiger partial charge >= 0.3 is 12.1 Å². The van der Waals surface area contributed by atoms with Crippen molar-refractivity contribution < 1.29 is 43.6 Å². The molecule has 1 saturated heterocycles. The summed E-state index contributed by atoms with van der Waals surface area (Å²) in [5.41, 5.74) is 6.50. The lowest BCUT2D eigenvalue weighted by Gasteiger charge is -2.34. The number of alkyl carbamates (subject to hydrolysis) is 1. The summed E-state index contributed by atoms with van der Waals surface area (Å²) < 4.78 is 28.5. The van der Waals surface area contributed by atoms with Crippen LogP contribution in [0.25, 0.3) is 22.3 Å². The lowest BCUT2D eigenvalue weighted by molar-refractivity contribution is -0.172. The van der Waals surface area contributed by atoms with Gasteiger partial charge in [0.15, 0.2) is 5.60 Å². The first-order valence-electron chi connectivity index (χ1n) is 25.6. The Bertz CT molecular complexity index is 3160. The number of nitrogens with zero attached hydrogens (tertiary/aromatic N) is 5. The molecule has 15 nitrogen and oxygen atoms in total. The average molecular weight is 1030 g/mol. The third kappa shape index (κ3) is 8.93. The lowest BCUT2D eigenvalue weighted by Crippen LogP contribution is -2.46. The van der Waals surface area contributed by atoms with Crippen LogP contribution in [0.5, 0.6) is 11.5 Å². The van der Waals surface area contributed by atoms with Gasteiger partial charge in [0.25, 0.3) is 11.5 Å². The number of phenols is 2. The second-order valence-corrected chi connectivity index (χ2v) is 23.6. The number of benzene rings is 3. The minimum Gasteiger partial charge on any atom is -0.508 e. The van der Waals surface area contributed by atoms with Crippen molar-refractivity contribution in [2.24, 2.45) is 0 Å². The molecule has 2 amide bonds. The number of carbonyl (C=O) groups is 3. The summed E-state index contributed by atoms with van der Waals surface area (Å²) in [4.78, 5) is 66.0.